The van der Waals surface area contributed by atoms with Crippen molar-refractivity contribution in [3.8, 4) is 11.6 Å². The van der Waals surface area contributed by atoms with E-state index in [1.54, 1.807) is 24.3 Å². The summed E-state index contributed by atoms with van der Waals surface area (Å²) in [5, 5.41) is 11.9. The first-order valence-electron chi connectivity index (χ1n) is 7.52. The number of H-pyrrole nitrogens is 1. The van der Waals surface area contributed by atoms with Crippen LogP contribution in [0, 0.1) is 0 Å². The van der Waals surface area contributed by atoms with E-state index in [4.69, 9.17) is 4.74 Å². The van der Waals surface area contributed by atoms with Crippen molar-refractivity contribution < 1.29 is 14.6 Å². The first kappa shape index (κ1) is 17.9. The number of nitrogens with zero attached hydrogens (tertiary/aromatic N) is 1. The van der Waals surface area contributed by atoms with Crippen molar-refractivity contribution in [2.45, 2.75) is 30.7 Å². The Morgan fingerprint density at radius 2 is 2.08 bits per heavy atom. The molecule has 1 aromatic carbocycles. The largest absolute Gasteiger partial charge is 0.494 e. The Morgan fingerprint density at radius 1 is 1.38 bits per heavy atom. The Morgan fingerprint density at radius 3 is 2.67 bits per heavy atom. The van der Waals surface area contributed by atoms with Gasteiger partial charge in [0.2, 0.25) is 11.8 Å². The third-order valence-corrected chi connectivity index (χ3v) is 4.30. The third-order valence-electron chi connectivity index (χ3n) is 3.06. The molecule has 7 nitrogen and oxygen atoms in total. The SMILES string of the molecule is CCOc1ccc(NC(=O)C(CC)Sc2nc(O)cc(=O)[nH]2)cc1. The maximum absolute atomic E-state index is 12.4. The van der Waals surface area contributed by atoms with E-state index in [1.807, 2.05) is 13.8 Å². The van der Waals surface area contributed by atoms with Crippen molar-refractivity contribution in [1.82, 2.24) is 9.97 Å². The molecule has 0 saturated heterocycles. The van der Waals surface area contributed by atoms with Crippen molar-refractivity contribution >= 4 is 23.4 Å². The first-order valence-corrected chi connectivity index (χ1v) is 8.40. The van der Waals surface area contributed by atoms with E-state index in [0.29, 0.717) is 18.7 Å². The zero-order chi connectivity index (χ0) is 17.5. The summed E-state index contributed by atoms with van der Waals surface area (Å²) in [4.78, 5) is 30.0. The number of carbonyl (C=O) groups excluding carboxylic acids is 1. The lowest BCUT2D eigenvalue weighted by Crippen LogP contribution is -2.25. The van der Waals surface area contributed by atoms with Crippen LogP contribution in [-0.2, 0) is 4.79 Å². The average Bonchev–Trinajstić information content (AvgIpc) is 2.53. The van der Waals surface area contributed by atoms with Gasteiger partial charge in [-0.1, -0.05) is 18.7 Å². The molecule has 24 heavy (non-hydrogen) atoms. The minimum atomic E-state index is -0.466. The monoisotopic (exact) mass is 349 g/mol. The van der Waals surface area contributed by atoms with Crippen molar-refractivity contribution in [3.63, 3.8) is 0 Å². The van der Waals surface area contributed by atoms with Crippen LogP contribution in [0.15, 0.2) is 40.3 Å². The highest BCUT2D eigenvalue weighted by Gasteiger charge is 2.19. The highest BCUT2D eigenvalue weighted by molar-refractivity contribution is 8.00. The second kappa shape index (κ2) is 8.39. The third kappa shape index (κ3) is 5.02. The van der Waals surface area contributed by atoms with Crippen LogP contribution in [-0.4, -0.2) is 32.8 Å². The molecule has 0 radical (unpaired) electrons. The van der Waals surface area contributed by atoms with E-state index in [1.165, 1.54) is 0 Å². The molecule has 0 saturated carbocycles. The fourth-order valence-corrected chi connectivity index (χ4v) is 2.87. The molecule has 1 amide bonds. The summed E-state index contributed by atoms with van der Waals surface area (Å²) < 4.78 is 5.35. The molecule has 0 bridgehead atoms. The molecule has 0 fully saturated rings. The lowest BCUT2D eigenvalue weighted by Gasteiger charge is -2.14. The molecule has 3 N–H and O–H groups in total. The number of aromatic hydroxyl groups is 1. The number of nitrogens with one attached hydrogen (secondary N) is 2. The summed E-state index contributed by atoms with van der Waals surface area (Å²) in [6.45, 7) is 4.34. The van der Waals surface area contributed by atoms with Gasteiger partial charge in [-0.2, -0.15) is 4.98 Å². The minimum Gasteiger partial charge on any atom is -0.494 e. The fraction of sp³-hybridized carbons (Fsp3) is 0.312. The molecule has 1 atom stereocenters. The van der Waals surface area contributed by atoms with E-state index in [2.05, 4.69) is 15.3 Å². The van der Waals surface area contributed by atoms with Crippen molar-refractivity contribution in [3.05, 3.63) is 40.7 Å². The van der Waals surface area contributed by atoms with E-state index >= 15 is 0 Å². The van der Waals surface area contributed by atoms with Crippen molar-refractivity contribution in [2.24, 2.45) is 0 Å². The number of rotatable bonds is 7. The van der Waals surface area contributed by atoms with Crippen LogP contribution >= 0.6 is 11.8 Å². The van der Waals surface area contributed by atoms with Gasteiger partial charge in [0.25, 0.3) is 5.56 Å². The van der Waals surface area contributed by atoms with Gasteiger partial charge in [-0.3, -0.25) is 9.59 Å². The van der Waals surface area contributed by atoms with E-state index in [9.17, 15) is 14.7 Å². The van der Waals surface area contributed by atoms with Gasteiger partial charge < -0.3 is 20.1 Å². The van der Waals surface area contributed by atoms with Gasteiger partial charge in [-0.25, -0.2) is 0 Å². The molecule has 2 rings (SSSR count). The summed E-state index contributed by atoms with van der Waals surface area (Å²) in [5.41, 5.74) is 0.187. The van der Waals surface area contributed by atoms with Gasteiger partial charge in [0.1, 0.15) is 5.75 Å². The molecule has 1 aromatic heterocycles. The summed E-state index contributed by atoms with van der Waals surface area (Å²) in [6.07, 6.45) is 0.535. The Labute approximate surface area is 143 Å². The van der Waals surface area contributed by atoms with E-state index in [0.717, 1.165) is 23.6 Å². The maximum Gasteiger partial charge on any atom is 0.255 e. The zero-order valence-electron chi connectivity index (χ0n) is 13.4. The Hall–Kier alpha value is -2.48. The highest BCUT2D eigenvalue weighted by Crippen LogP contribution is 2.24. The van der Waals surface area contributed by atoms with Crippen LogP contribution < -0.4 is 15.6 Å². The molecule has 1 unspecified atom stereocenters. The number of amides is 1. The fourth-order valence-electron chi connectivity index (χ4n) is 1.96. The second-order valence-electron chi connectivity index (χ2n) is 4.87. The van der Waals surface area contributed by atoms with Crippen LogP contribution in [0.1, 0.15) is 20.3 Å². The van der Waals surface area contributed by atoms with Gasteiger partial charge in [0.15, 0.2) is 5.16 Å². The van der Waals surface area contributed by atoms with E-state index in [-0.39, 0.29) is 16.9 Å². The predicted octanol–water partition coefficient (Wildman–Crippen LogP) is 2.38. The Balaban J connectivity index is 2.04. The lowest BCUT2D eigenvalue weighted by atomic mass is 10.2. The number of hydrogen-bond acceptors (Lipinski definition) is 6. The average molecular weight is 349 g/mol. The molecule has 2 aromatic rings. The number of thioether (sulfide) groups is 1. The number of carbonyl (C=O) groups is 1. The van der Waals surface area contributed by atoms with Crippen LogP contribution in [0.3, 0.4) is 0 Å². The molecule has 0 aliphatic carbocycles. The van der Waals surface area contributed by atoms with Crippen molar-refractivity contribution in [1.29, 1.82) is 0 Å². The van der Waals surface area contributed by atoms with E-state index < -0.39 is 10.8 Å². The molecule has 0 spiro atoms. The van der Waals surface area contributed by atoms with Gasteiger partial charge in [-0.05, 0) is 37.6 Å². The number of aromatic nitrogens is 2. The second-order valence-corrected chi connectivity index (χ2v) is 6.06. The molecular weight excluding hydrogens is 330 g/mol. The normalized spacial score (nSPS) is 11.8. The van der Waals surface area contributed by atoms with Gasteiger partial charge in [-0.15, -0.1) is 0 Å². The molecule has 0 aliphatic heterocycles. The highest BCUT2D eigenvalue weighted by atomic mass is 32.2. The topological polar surface area (TPSA) is 104 Å². The standard InChI is InChI=1S/C16H19N3O4S/c1-3-12(24-16-18-13(20)9-14(21)19-16)15(22)17-10-5-7-11(8-6-10)23-4-2/h5-9,12H,3-4H2,1-2H3,(H,17,22)(H2,18,19,20,21). The first-order chi connectivity index (χ1) is 11.5. The predicted molar refractivity (Wildman–Crippen MR) is 92.7 cm³/mol. The Kier molecular flexibility index (Phi) is 6.25. The van der Waals surface area contributed by atoms with Crippen LogP contribution in [0.5, 0.6) is 11.6 Å². The molecule has 128 valence electrons. The maximum atomic E-state index is 12.4. The number of aromatic amines is 1. The van der Waals surface area contributed by atoms with Crippen molar-refractivity contribution in [2.75, 3.05) is 11.9 Å². The summed E-state index contributed by atoms with van der Waals surface area (Å²) >= 11 is 1.09. The summed E-state index contributed by atoms with van der Waals surface area (Å²) in [7, 11) is 0. The smallest absolute Gasteiger partial charge is 0.255 e. The van der Waals surface area contributed by atoms with Crippen LogP contribution in [0.4, 0.5) is 5.69 Å². The summed E-state index contributed by atoms with van der Waals surface area (Å²) in [5.74, 6) is 0.152. The summed E-state index contributed by atoms with van der Waals surface area (Å²) in [6, 6.07) is 8.05. The number of hydrogen-bond donors (Lipinski definition) is 3. The number of ether oxygens (including phenoxy) is 1. The number of benzene rings is 1. The van der Waals surface area contributed by atoms with Gasteiger partial charge in [0, 0.05) is 5.69 Å². The quantitative estimate of drug-likeness (QED) is 0.524. The van der Waals surface area contributed by atoms with Gasteiger partial charge in [0.05, 0.1) is 17.9 Å². The van der Waals surface area contributed by atoms with Crippen LogP contribution in [0.2, 0.25) is 0 Å². The molecular formula is C16H19N3O4S. The number of anilines is 1. The Bertz CT molecular complexity index is 746. The molecule has 1 heterocycles. The molecule has 0 aliphatic rings. The zero-order valence-corrected chi connectivity index (χ0v) is 14.2. The molecule has 8 heteroatoms. The van der Waals surface area contributed by atoms with Gasteiger partial charge >= 0.3 is 0 Å². The lowest BCUT2D eigenvalue weighted by molar-refractivity contribution is -0.115. The van der Waals surface area contributed by atoms with Crippen LogP contribution in [0.25, 0.3) is 0 Å². The minimum absolute atomic E-state index is 0.202.